The lowest BCUT2D eigenvalue weighted by Gasteiger charge is -2.19. The third-order valence-electron chi connectivity index (χ3n) is 5.54. The molecule has 160 valence electrons. The first-order chi connectivity index (χ1) is 16.1. The van der Waals surface area contributed by atoms with Crippen LogP contribution in [0.25, 0.3) is 27.8 Å². The predicted octanol–water partition coefficient (Wildman–Crippen LogP) is 4.00. The van der Waals surface area contributed by atoms with Crippen molar-refractivity contribution < 1.29 is 4.79 Å². The van der Waals surface area contributed by atoms with Crippen LogP contribution < -0.4 is 11.1 Å². The highest BCUT2D eigenvalue weighted by Crippen LogP contribution is 2.31. The molecular weight excluding hydrogens is 412 g/mol. The highest BCUT2D eigenvalue weighted by Gasteiger charge is 2.23. The molecule has 33 heavy (non-hydrogen) atoms. The van der Waals surface area contributed by atoms with Gasteiger partial charge in [-0.15, -0.1) is 11.5 Å². The molecule has 3 N–H and O–H groups in total. The van der Waals surface area contributed by atoms with Gasteiger partial charge in [0.15, 0.2) is 11.5 Å². The van der Waals surface area contributed by atoms with E-state index in [0.717, 1.165) is 33.3 Å². The number of carbonyl (C=O) groups excluding carboxylic acids is 1. The van der Waals surface area contributed by atoms with Crippen LogP contribution >= 0.6 is 0 Å². The first kappa shape index (κ1) is 20.2. The summed E-state index contributed by atoms with van der Waals surface area (Å²) in [5.74, 6) is 2.47. The van der Waals surface area contributed by atoms with Crippen LogP contribution in [0.2, 0.25) is 0 Å². The lowest BCUT2D eigenvalue weighted by molar-refractivity contribution is 0.0942. The van der Waals surface area contributed by atoms with Crippen LogP contribution in [0.5, 0.6) is 0 Å². The van der Waals surface area contributed by atoms with Crippen LogP contribution in [-0.4, -0.2) is 25.5 Å². The van der Waals surface area contributed by atoms with Gasteiger partial charge in [-0.25, -0.2) is 14.5 Å². The maximum absolute atomic E-state index is 13.2. The van der Waals surface area contributed by atoms with E-state index < -0.39 is 0 Å². The van der Waals surface area contributed by atoms with E-state index in [1.165, 1.54) is 4.52 Å². The Kier molecular flexibility index (Phi) is 4.96. The van der Waals surface area contributed by atoms with Gasteiger partial charge in [-0.05, 0) is 25.1 Å². The van der Waals surface area contributed by atoms with Crippen LogP contribution in [0.1, 0.15) is 34.5 Å². The molecule has 0 bridgehead atoms. The lowest BCUT2D eigenvalue weighted by atomic mass is 9.97. The minimum absolute atomic E-state index is 0.122. The van der Waals surface area contributed by atoms with E-state index in [2.05, 4.69) is 21.3 Å². The number of pyridine rings is 1. The summed E-state index contributed by atoms with van der Waals surface area (Å²) in [6.45, 7) is 1.91. The van der Waals surface area contributed by atoms with Gasteiger partial charge in [0, 0.05) is 28.9 Å². The number of benzene rings is 2. The average Bonchev–Trinajstić information content (AvgIpc) is 3.19. The molecule has 0 saturated carbocycles. The second kappa shape index (κ2) is 8.09. The van der Waals surface area contributed by atoms with Crippen molar-refractivity contribution >= 4 is 28.3 Å². The highest BCUT2D eigenvalue weighted by atomic mass is 16.1. The Morgan fingerprint density at radius 1 is 1.15 bits per heavy atom. The van der Waals surface area contributed by atoms with Crippen LogP contribution in [-0.2, 0) is 0 Å². The number of nitrogens with one attached hydrogen (secondary N) is 1. The molecule has 0 aliphatic heterocycles. The minimum Gasteiger partial charge on any atom is -0.381 e. The van der Waals surface area contributed by atoms with Crippen molar-refractivity contribution in [1.82, 2.24) is 24.9 Å². The van der Waals surface area contributed by atoms with E-state index in [4.69, 9.17) is 17.1 Å². The molecule has 0 aliphatic rings. The molecule has 5 aromatic rings. The zero-order valence-corrected chi connectivity index (χ0v) is 17.9. The van der Waals surface area contributed by atoms with Gasteiger partial charge in [0.1, 0.15) is 5.56 Å². The van der Waals surface area contributed by atoms with Crippen LogP contribution in [0.3, 0.4) is 0 Å². The van der Waals surface area contributed by atoms with E-state index >= 15 is 0 Å². The van der Waals surface area contributed by atoms with Crippen molar-refractivity contribution in [1.29, 1.82) is 0 Å². The number of nitrogens with zero attached hydrogens (tertiary/aromatic N) is 4. The number of nitrogen functional groups attached to an aromatic ring is 1. The Hall–Kier alpha value is -4.70. The summed E-state index contributed by atoms with van der Waals surface area (Å²) in [7, 11) is 0. The number of para-hydroxylation sites is 1. The number of terminal acetylenes is 1. The summed E-state index contributed by atoms with van der Waals surface area (Å²) in [5, 5.41) is 8.12. The fourth-order valence-corrected chi connectivity index (χ4v) is 3.96. The molecule has 3 aromatic heterocycles. The van der Waals surface area contributed by atoms with Gasteiger partial charge in [0.2, 0.25) is 0 Å². The summed E-state index contributed by atoms with van der Waals surface area (Å²) in [6.07, 6.45) is 9.00. The minimum atomic E-state index is -0.378. The fourth-order valence-electron chi connectivity index (χ4n) is 3.96. The molecule has 1 atom stereocenters. The van der Waals surface area contributed by atoms with Gasteiger partial charge in [-0.3, -0.25) is 4.79 Å². The second-order valence-corrected chi connectivity index (χ2v) is 7.66. The smallest absolute Gasteiger partial charge is 0.259 e. The number of nitrogens with two attached hydrogens (primary N) is 1. The standard InChI is InChI=1S/C26H20N6O/c1-3-17-11-7-12-19-15-20(23(30-22(17)19)18-9-5-4-6-10-18)16(2)29-26(33)21-24(27)31-32-14-8-13-28-25(21)32/h1,4-16H,2H3,(H2,27,31)(H,29,33)/t16-/m0/s1. The second-order valence-electron chi connectivity index (χ2n) is 7.66. The molecule has 0 aliphatic carbocycles. The van der Waals surface area contributed by atoms with Gasteiger partial charge >= 0.3 is 0 Å². The topological polar surface area (TPSA) is 98.2 Å². The largest absolute Gasteiger partial charge is 0.381 e. The van der Waals surface area contributed by atoms with Gasteiger partial charge in [-0.1, -0.05) is 48.4 Å². The zero-order valence-electron chi connectivity index (χ0n) is 17.9. The van der Waals surface area contributed by atoms with Crippen molar-refractivity contribution in [3.05, 3.63) is 89.7 Å². The molecule has 7 heteroatoms. The quantitative estimate of drug-likeness (QED) is 0.418. The summed E-state index contributed by atoms with van der Waals surface area (Å²) in [4.78, 5) is 22.4. The summed E-state index contributed by atoms with van der Waals surface area (Å²) >= 11 is 0. The van der Waals surface area contributed by atoms with Crippen LogP contribution in [0.15, 0.2) is 73.1 Å². The van der Waals surface area contributed by atoms with Crippen molar-refractivity contribution in [2.45, 2.75) is 13.0 Å². The summed E-state index contributed by atoms with van der Waals surface area (Å²) < 4.78 is 1.49. The van der Waals surface area contributed by atoms with E-state index in [0.29, 0.717) is 5.65 Å². The number of hydrogen-bond acceptors (Lipinski definition) is 5. The Balaban J connectivity index is 1.60. The van der Waals surface area contributed by atoms with Gasteiger partial charge < -0.3 is 11.1 Å². The molecular formula is C26H20N6O. The zero-order chi connectivity index (χ0) is 22.9. The van der Waals surface area contributed by atoms with E-state index in [-0.39, 0.29) is 23.3 Å². The molecule has 0 unspecified atom stereocenters. The SMILES string of the molecule is C#Cc1cccc2cc([C@H](C)NC(=O)c3c(N)nn4cccnc34)c(-c3ccccc3)nc12. The Morgan fingerprint density at radius 2 is 1.97 bits per heavy atom. The number of fused-ring (bicyclic) bond motifs is 2. The van der Waals surface area contributed by atoms with Gasteiger partial charge in [0.05, 0.1) is 22.8 Å². The summed E-state index contributed by atoms with van der Waals surface area (Å²) in [6, 6.07) is 18.9. The third kappa shape index (κ3) is 3.54. The highest BCUT2D eigenvalue weighted by molar-refractivity contribution is 6.04. The van der Waals surface area contributed by atoms with E-state index in [1.54, 1.807) is 18.5 Å². The normalized spacial score (nSPS) is 11.9. The maximum atomic E-state index is 13.2. The van der Waals surface area contributed by atoms with Crippen molar-refractivity contribution in [2.24, 2.45) is 0 Å². The summed E-state index contributed by atoms with van der Waals surface area (Å²) in [5.41, 5.74) is 10.7. The maximum Gasteiger partial charge on any atom is 0.259 e. The first-order valence-electron chi connectivity index (χ1n) is 10.4. The molecule has 0 radical (unpaired) electrons. The number of amides is 1. The molecule has 3 heterocycles. The van der Waals surface area contributed by atoms with Gasteiger partial charge in [0.25, 0.3) is 5.91 Å². The number of aromatic nitrogens is 4. The Labute approximate surface area is 190 Å². The molecule has 1 amide bonds. The van der Waals surface area contributed by atoms with Crippen LogP contribution in [0, 0.1) is 12.3 Å². The Bertz CT molecular complexity index is 1550. The van der Waals surface area contributed by atoms with Crippen molar-refractivity contribution in [3.8, 4) is 23.6 Å². The molecule has 0 spiro atoms. The first-order valence-corrected chi connectivity index (χ1v) is 10.4. The average molecular weight is 432 g/mol. The van der Waals surface area contributed by atoms with E-state index in [9.17, 15) is 4.79 Å². The third-order valence-corrected chi connectivity index (χ3v) is 5.54. The predicted molar refractivity (Wildman–Crippen MR) is 128 cm³/mol. The number of hydrogen-bond donors (Lipinski definition) is 2. The van der Waals surface area contributed by atoms with Crippen LogP contribution in [0.4, 0.5) is 5.82 Å². The molecule has 0 saturated heterocycles. The molecule has 7 nitrogen and oxygen atoms in total. The van der Waals surface area contributed by atoms with Crippen molar-refractivity contribution in [2.75, 3.05) is 5.73 Å². The monoisotopic (exact) mass is 432 g/mol. The Morgan fingerprint density at radius 3 is 2.76 bits per heavy atom. The van der Waals surface area contributed by atoms with Gasteiger partial charge in [-0.2, -0.15) is 0 Å². The number of anilines is 1. The fraction of sp³-hybridized carbons (Fsp3) is 0.0769. The molecule has 5 rings (SSSR count). The number of carbonyl (C=O) groups is 1. The molecule has 2 aromatic carbocycles. The van der Waals surface area contributed by atoms with Crippen molar-refractivity contribution in [3.63, 3.8) is 0 Å². The number of rotatable bonds is 4. The molecule has 0 fully saturated rings. The lowest BCUT2D eigenvalue weighted by Crippen LogP contribution is -2.28. The van der Waals surface area contributed by atoms with E-state index in [1.807, 2.05) is 61.5 Å².